The van der Waals surface area contributed by atoms with Crippen LogP contribution in [0, 0.1) is 19.8 Å². The summed E-state index contributed by atoms with van der Waals surface area (Å²) in [6, 6.07) is 6.00. The average Bonchev–Trinajstić information content (AvgIpc) is 3.18. The molecular weight excluding hydrogens is 252 g/mol. The molecule has 0 atom stereocenters. The van der Waals surface area contributed by atoms with Gasteiger partial charge in [-0.1, -0.05) is 6.07 Å². The van der Waals surface area contributed by atoms with E-state index in [4.69, 9.17) is 0 Å². The maximum atomic E-state index is 12.3. The van der Waals surface area contributed by atoms with Crippen molar-refractivity contribution in [3.05, 3.63) is 29.3 Å². The first-order chi connectivity index (χ1) is 9.54. The maximum Gasteiger partial charge on any atom is 0.316 e. The van der Waals surface area contributed by atoms with Crippen molar-refractivity contribution in [2.45, 2.75) is 26.7 Å². The van der Waals surface area contributed by atoms with Gasteiger partial charge in [-0.05, 0) is 55.9 Å². The fourth-order valence-corrected chi connectivity index (χ4v) is 2.81. The zero-order chi connectivity index (χ0) is 14.3. The molecule has 106 valence electrons. The van der Waals surface area contributed by atoms with E-state index in [-0.39, 0.29) is 11.8 Å². The van der Waals surface area contributed by atoms with E-state index < -0.39 is 0 Å². The lowest BCUT2D eigenvalue weighted by Crippen LogP contribution is -2.55. The average molecular weight is 272 g/mol. The van der Waals surface area contributed by atoms with Crippen molar-refractivity contribution in [1.29, 1.82) is 0 Å². The van der Waals surface area contributed by atoms with Gasteiger partial charge in [0.25, 0.3) is 0 Å². The molecule has 2 aliphatic rings. The Labute approximate surface area is 119 Å². The van der Waals surface area contributed by atoms with E-state index in [1.165, 1.54) is 12.8 Å². The van der Waals surface area contributed by atoms with Gasteiger partial charge in [0.15, 0.2) is 0 Å². The number of amides is 2. The van der Waals surface area contributed by atoms with Gasteiger partial charge in [-0.2, -0.15) is 0 Å². The molecule has 20 heavy (non-hydrogen) atoms. The quantitative estimate of drug-likeness (QED) is 0.788. The van der Waals surface area contributed by atoms with Crippen molar-refractivity contribution >= 4 is 17.5 Å². The molecule has 0 aromatic heterocycles. The summed E-state index contributed by atoms with van der Waals surface area (Å²) in [5.41, 5.74) is 3.06. The number of aryl methyl sites for hydroxylation is 2. The van der Waals surface area contributed by atoms with Crippen LogP contribution in [0.3, 0.4) is 0 Å². The van der Waals surface area contributed by atoms with Gasteiger partial charge in [-0.3, -0.25) is 9.59 Å². The van der Waals surface area contributed by atoms with Crippen molar-refractivity contribution in [3.63, 3.8) is 0 Å². The number of hydrogen-bond donors (Lipinski definition) is 0. The Morgan fingerprint density at radius 2 is 1.65 bits per heavy atom. The van der Waals surface area contributed by atoms with Gasteiger partial charge in [-0.15, -0.1) is 0 Å². The lowest BCUT2D eigenvalue weighted by molar-refractivity contribution is -0.146. The minimum absolute atomic E-state index is 0.345. The standard InChI is InChI=1S/C16H20N2O2/c1-11-7-12(2)9-14(8-11)18-6-5-17(10-13-3-4-13)15(19)16(18)20/h7-9,13H,3-6,10H2,1-2H3. The van der Waals surface area contributed by atoms with E-state index in [1.807, 2.05) is 26.0 Å². The molecule has 0 unspecified atom stereocenters. The van der Waals surface area contributed by atoms with Crippen LogP contribution in [-0.4, -0.2) is 36.3 Å². The molecule has 2 fully saturated rings. The van der Waals surface area contributed by atoms with Crippen LogP contribution in [0.15, 0.2) is 18.2 Å². The van der Waals surface area contributed by atoms with Crippen LogP contribution in [0.25, 0.3) is 0 Å². The molecule has 0 bridgehead atoms. The molecule has 1 aliphatic carbocycles. The minimum atomic E-state index is -0.387. The molecular formula is C16H20N2O2. The van der Waals surface area contributed by atoms with Crippen molar-refractivity contribution < 1.29 is 9.59 Å². The normalized spacial score (nSPS) is 19.7. The molecule has 4 nitrogen and oxygen atoms in total. The fourth-order valence-electron chi connectivity index (χ4n) is 2.81. The first-order valence-corrected chi connectivity index (χ1v) is 7.23. The van der Waals surface area contributed by atoms with E-state index in [0.717, 1.165) is 23.4 Å². The lowest BCUT2D eigenvalue weighted by atomic mass is 10.1. The smallest absolute Gasteiger partial charge is 0.316 e. The van der Waals surface area contributed by atoms with E-state index in [2.05, 4.69) is 6.07 Å². The van der Waals surface area contributed by atoms with Gasteiger partial charge in [0.2, 0.25) is 0 Å². The van der Waals surface area contributed by atoms with E-state index in [1.54, 1.807) is 9.80 Å². The summed E-state index contributed by atoms with van der Waals surface area (Å²) in [5.74, 6) is -0.108. The number of nitrogens with zero attached hydrogens (tertiary/aromatic N) is 2. The molecule has 3 rings (SSSR count). The number of benzene rings is 1. The van der Waals surface area contributed by atoms with Crippen molar-refractivity contribution in [2.24, 2.45) is 5.92 Å². The molecule has 0 radical (unpaired) electrons. The molecule has 1 aliphatic heterocycles. The predicted molar refractivity (Wildman–Crippen MR) is 77.6 cm³/mol. The van der Waals surface area contributed by atoms with Crippen LogP contribution >= 0.6 is 0 Å². The Kier molecular flexibility index (Phi) is 3.24. The third-order valence-corrected chi connectivity index (χ3v) is 4.00. The maximum absolute atomic E-state index is 12.3. The second-order valence-electron chi connectivity index (χ2n) is 6.00. The van der Waals surface area contributed by atoms with Crippen molar-refractivity contribution in [3.8, 4) is 0 Å². The Morgan fingerprint density at radius 1 is 1.00 bits per heavy atom. The van der Waals surface area contributed by atoms with E-state index in [9.17, 15) is 9.59 Å². The first kappa shape index (κ1) is 13.2. The number of hydrogen-bond acceptors (Lipinski definition) is 2. The van der Waals surface area contributed by atoms with Crippen LogP contribution in [0.5, 0.6) is 0 Å². The van der Waals surface area contributed by atoms with E-state index >= 15 is 0 Å². The fraction of sp³-hybridized carbons (Fsp3) is 0.500. The Morgan fingerprint density at radius 3 is 2.25 bits per heavy atom. The molecule has 1 saturated heterocycles. The van der Waals surface area contributed by atoms with Gasteiger partial charge in [0.1, 0.15) is 0 Å². The van der Waals surface area contributed by atoms with Crippen LogP contribution < -0.4 is 4.90 Å². The van der Waals surface area contributed by atoms with Gasteiger partial charge in [0, 0.05) is 25.3 Å². The Bertz CT molecular complexity index is 543. The summed E-state index contributed by atoms with van der Waals surface area (Å²) >= 11 is 0. The van der Waals surface area contributed by atoms with Crippen LogP contribution in [-0.2, 0) is 9.59 Å². The second kappa shape index (κ2) is 4.93. The highest BCUT2D eigenvalue weighted by Gasteiger charge is 2.36. The van der Waals surface area contributed by atoms with E-state index in [0.29, 0.717) is 19.0 Å². The van der Waals surface area contributed by atoms with Gasteiger partial charge in [-0.25, -0.2) is 0 Å². The molecule has 1 aromatic rings. The highest BCUT2D eigenvalue weighted by Crippen LogP contribution is 2.30. The largest absolute Gasteiger partial charge is 0.332 e. The highest BCUT2D eigenvalue weighted by atomic mass is 16.2. The molecule has 2 amide bonds. The summed E-state index contributed by atoms with van der Waals surface area (Å²) in [7, 11) is 0. The third-order valence-electron chi connectivity index (χ3n) is 4.00. The van der Waals surface area contributed by atoms with Gasteiger partial charge < -0.3 is 9.80 Å². The zero-order valence-electron chi connectivity index (χ0n) is 12.1. The van der Waals surface area contributed by atoms with Crippen LogP contribution in [0.2, 0.25) is 0 Å². The molecule has 1 heterocycles. The lowest BCUT2D eigenvalue weighted by Gasteiger charge is -2.34. The molecule has 0 N–H and O–H groups in total. The molecule has 4 heteroatoms. The SMILES string of the molecule is Cc1cc(C)cc(N2CCN(CC3CC3)C(=O)C2=O)c1. The van der Waals surface area contributed by atoms with Crippen LogP contribution in [0.4, 0.5) is 5.69 Å². The molecule has 1 saturated carbocycles. The summed E-state index contributed by atoms with van der Waals surface area (Å²) in [4.78, 5) is 27.8. The number of anilines is 1. The topological polar surface area (TPSA) is 40.6 Å². The first-order valence-electron chi connectivity index (χ1n) is 7.23. The number of carbonyl (C=O) groups is 2. The number of rotatable bonds is 3. The predicted octanol–water partition coefficient (Wildman–Crippen LogP) is 1.89. The monoisotopic (exact) mass is 272 g/mol. The van der Waals surface area contributed by atoms with Crippen molar-refractivity contribution in [2.75, 3.05) is 24.5 Å². The second-order valence-corrected chi connectivity index (χ2v) is 6.00. The highest BCUT2D eigenvalue weighted by molar-refractivity contribution is 6.41. The van der Waals surface area contributed by atoms with Gasteiger partial charge >= 0.3 is 11.8 Å². The van der Waals surface area contributed by atoms with Gasteiger partial charge in [0.05, 0.1) is 0 Å². The van der Waals surface area contributed by atoms with Crippen LogP contribution in [0.1, 0.15) is 24.0 Å². The summed E-state index contributed by atoms with van der Waals surface area (Å²) in [5, 5.41) is 0. The third kappa shape index (κ3) is 2.55. The summed E-state index contributed by atoms with van der Waals surface area (Å²) in [6.45, 7) is 6.01. The molecule has 0 spiro atoms. The summed E-state index contributed by atoms with van der Waals surface area (Å²) < 4.78 is 0. The minimum Gasteiger partial charge on any atom is -0.332 e. The zero-order valence-corrected chi connectivity index (χ0v) is 12.1. The Hall–Kier alpha value is -1.84. The van der Waals surface area contributed by atoms with Crippen molar-refractivity contribution in [1.82, 2.24) is 4.90 Å². The Balaban J connectivity index is 1.78. The molecule has 1 aromatic carbocycles. The summed E-state index contributed by atoms with van der Waals surface area (Å²) in [6.07, 6.45) is 2.39. The number of carbonyl (C=O) groups excluding carboxylic acids is 2. The number of piperazine rings is 1.